The van der Waals surface area contributed by atoms with E-state index < -0.39 is 10.0 Å². The van der Waals surface area contributed by atoms with Crippen LogP contribution in [0.2, 0.25) is 0 Å². The number of carbonyl (C=O) groups is 1. The van der Waals surface area contributed by atoms with Crippen LogP contribution in [0.25, 0.3) is 22.0 Å². The Bertz CT molecular complexity index is 1340. The molecule has 3 aromatic carbocycles. The summed E-state index contributed by atoms with van der Waals surface area (Å²) in [4.78, 5) is 12.1. The van der Waals surface area contributed by atoms with Crippen LogP contribution < -0.4 is 10.0 Å². The molecule has 0 radical (unpaired) electrons. The van der Waals surface area contributed by atoms with Gasteiger partial charge in [-0.2, -0.15) is 5.10 Å². The third kappa shape index (κ3) is 2.54. The Morgan fingerprint density at radius 1 is 0.929 bits per heavy atom. The van der Waals surface area contributed by atoms with Crippen molar-refractivity contribution < 1.29 is 13.2 Å². The summed E-state index contributed by atoms with van der Waals surface area (Å²) in [5, 5.41) is 10.7. The largest absolute Gasteiger partial charge is 0.321 e. The Morgan fingerprint density at radius 2 is 1.75 bits per heavy atom. The third-order valence-corrected chi connectivity index (χ3v) is 6.10. The second-order valence-corrected chi connectivity index (χ2v) is 8.08. The van der Waals surface area contributed by atoms with Gasteiger partial charge in [0.2, 0.25) is 0 Å². The first kappa shape index (κ1) is 16.5. The number of hydrogen-bond acceptors (Lipinski definition) is 4. The molecule has 1 aliphatic rings. The standard InChI is InChI=1S/C20H14N4O3S/c25-20-14-8-4-7-13-17(10-9-15(21-20)19(13)14)28(26,27)24-18-11-16(22-23-18)12-5-2-1-3-6-12/h1-11H,(H,21,25)(H2,22,23,24). The van der Waals surface area contributed by atoms with Crippen LogP contribution in [-0.4, -0.2) is 24.5 Å². The van der Waals surface area contributed by atoms with Crippen LogP contribution in [-0.2, 0) is 10.0 Å². The molecule has 0 aliphatic carbocycles. The van der Waals surface area contributed by atoms with Gasteiger partial charge >= 0.3 is 0 Å². The molecular weight excluding hydrogens is 376 g/mol. The van der Waals surface area contributed by atoms with E-state index in [1.807, 2.05) is 30.3 Å². The highest BCUT2D eigenvalue weighted by Gasteiger charge is 2.26. The Hall–Kier alpha value is -3.65. The lowest BCUT2D eigenvalue weighted by Gasteiger charge is -2.09. The third-order valence-electron chi connectivity index (χ3n) is 4.68. The van der Waals surface area contributed by atoms with Crippen LogP contribution in [0.15, 0.2) is 71.6 Å². The Kier molecular flexibility index (Phi) is 3.50. The van der Waals surface area contributed by atoms with Crippen LogP contribution in [0.4, 0.5) is 11.5 Å². The van der Waals surface area contributed by atoms with Crippen molar-refractivity contribution in [1.29, 1.82) is 0 Å². The van der Waals surface area contributed by atoms with E-state index in [-0.39, 0.29) is 16.6 Å². The molecule has 3 N–H and O–H groups in total. The van der Waals surface area contributed by atoms with Crippen molar-refractivity contribution in [1.82, 2.24) is 10.2 Å². The summed E-state index contributed by atoms with van der Waals surface area (Å²) in [6.45, 7) is 0. The fraction of sp³-hybridized carbons (Fsp3) is 0. The second kappa shape index (κ2) is 5.93. The number of sulfonamides is 1. The molecule has 0 fully saturated rings. The van der Waals surface area contributed by atoms with Crippen LogP contribution in [0.1, 0.15) is 10.4 Å². The lowest BCUT2D eigenvalue weighted by molar-refractivity contribution is 0.103. The maximum Gasteiger partial charge on any atom is 0.263 e. The molecule has 1 amide bonds. The Labute approximate surface area is 160 Å². The van der Waals surface area contributed by atoms with Crippen LogP contribution in [0.3, 0.4) is 0 Å². The minimum Gasteiger partial charge on any atom is -0.321 e. The molecule has 4 aromatic rings. The number of amides is 1. The van der Waals surface area contributed by atoms with Gasteiger partial charge in [0, 0.05) is 28.1 Å². The molecule has 28 heavy (non-hydrogen) atoms. The van der Waals surface area contributed by atoms with Gasteiger partial charge in [0.15, 0.2) is 5.82 Å². The molecule has 1 aliphatic heterocycles. The fourth-order valence-corrected chi connectivity index (χ4v) is 4.63. The van der Waals surface area contributed by atoms with Gasteiger partial charge in [-0.1, -0.05) is 42.5 Å². The van der Waals surface area contributed by atoms with Gasteiger partial charge in [-0.25, -0.2) is 8.42 Å². The predicted molar refractivity (Wildman–Crippen MR) is 107 cm³/mol. The highest BCUT2D eigenvalue weighted by molar-refractivity contribution is 7.93. The summed E-state index contributed by atoms with van der Waals surface area (Å²) in [6.07, 6.45) is 0. The summed E-state index contributed by atoms with van der Waals surface area (Å²) < 4.78 is 28.5. The number of H-pyrrole nitrogens is 1. The first-order valence-corrected chi connectivity index (χ1v) is 10.0. The highest BCUT2D eigenvalue weighted by Crippen LogP contribution is 2.37. The van der Waals surface area contributed by atoms with Gasteiger partial charge in [-0.3, -0.25) is 14.6 Å². The van der Waals surface area contributed by atoms with Crippen LogP contribution >= 0.6 is 0 Å². The van der Waals surface area contributed by atoms with E-state index in [2.05, 4.69) is 20.2 Å². The van der Waals surface area contributed by atoms with Crippen molar-refractivity contribution >= 4 is 38.2 Å². The molecule has 0 saturated heterocycles. The summed E-state index contributed by atoms with van der Waals surface area (Å²) in [6, 6.07) is 19.3. The lowest BCUT2D eigenvalue weighted by atomic mass is 10.1. The fourth-order valence-electron chi connectivity index (χ4n) is 3.43. The number of nitrogens with one attached hydrogen (secondary N) is 3. The number of aromatic nitrogens is 2. The van der Waals surface area contributed by atoms with Crippen molar-refractivity contribution in [2.45, 2.75) is 4.90 Å². The molecule has 0 atom stereocenters. The zero-order valence-electron chi connectivity index (χ0n) is 14.4. The maximum absolute atomic E-state index is 13.0. The van der Waals surface area contributed by atoms with Crippen molar-refractivity contribution in [2.75, 3.05) is 10.0 Å². The summed E-state index contributed by atoms with van der Waals surface area (Å²) in [5.74, 6) is -0.0424. The normalized spacial score (nSPS) is 12.9. The van der Waals surface area contributed by atoms with Gasteiger partial charge < -0.3 is 5.32 Å². The number of nitrogens with zero attached hydrogens (tertiary/aromatic N) is 1. The number of benzene rings is 3. The van der Waals surface area contributed by atoms with Gasteiger partial charge in [0.1, 0.15) is 0 Å². The van der Waals surface area contributed by atoms with Crippen molar-refractivity contribution in [3.8, 4) is 11.3 Å². The first-order chi connectivity index (χ1) is 13.5. The minimum atomic E-state index is -3.90. The van der Waals surface area contributed by atoms with E-state index in [1.54, 1.807) is 30.3 Å². The molecule has 1 aromatic heterocycles. The Balaban J connectivity index is 1.55. The van der Waals surface area contributed by atoms with E-state index in [0.29, 0.717) is 27.7 Å². The summed E-state index contributed by atoms with van der Waals surface area (Å²) in [7, 11) is -3.90. The number of anilines is 2. The summed E-state index contributed by atoms with van der Waals surface area (Å²) >= 11 is 0. The molecule has 0 bridgehead atoms. The molecule has 7 nitrogen and oxygen atoms in total. The van der Waals surface area contributed by atoms with Gasteiger partial charge in [0.25, 0.3) is 15.9 Å². The quantitative estimate of drug-likeness (QED) is 0.495. The molecule has 8 heteroatoms. The zero-order chi connectivity index (χ0) is 19.3. The second-order valence-electron chi connectivity index (χ2n) is 6.43. The molecule has 138 valence electrons. The van der Waals surface area contributed by atoms with E-state index >= 15 is 0 Å². The van der Waals surface area contributed by atoms with Crippen LogP contribution in [0.5, 0.6) is 0 Å². The van der Waals surface area contributed by atoms with E-state index in [4.69, 9.17) is 0 Å². The molecule has 0 saturated carbocycles. The topological polar surface area (TPSA) is 104 Å². The smallest absolute Gasteiger partial charge is 0.263 e. The van der Waals surface area contributed by atoms with Crippen molar-refractivity contribution in [2.24, 2.45) is 0 Å². The zero-order valence-corrected chi connectivity index (χ0v) is 15.2. The van der Waals surface area contributed by atoms with E-state index in [0.717, 1.165) is 5.56 Å². The maximum atomic E-state index is 13.0. The number of hydrogen-bond donors (Lipinski definition) is 3. The predicted octanol–water partition coefficient (Wildman–Crippen LogP) is 3.60. The molecule has 0 spiro atoms. The first-order valence-electron chi connectivity index (χ1n) is 8.54. The van der Waals surface area contributed by atoms with E-state index in [1.165, 1.54) is 6.07 Å². The molecule has 0 unspecified atom stereocenters. The van der Waals surface area contributed by atoms with Crippen LogP contribution in [0, 0.1) is 0 Å². The molecular formula is C20H14N4O3S. The average Bonchev–Trinajstić information content (AvgIpc) is 3.28. The number of aromatic amines is 1. The summed E-state index contributed by atoms with van der Waals surface area (Å²) in [5.41, 5.74) is 2.68. The van der Waals surface area contributed by atoms with Gasteiger partial charge in [0.05, 0.1) is 10.6 Å². The van der Waals surface area contributed by atoms with Crippen molar-refractivity contribution in [3.05, 3.63) is 72.3 Å². The highest BCUT2D eigenvalue weighted by atomic mass is 32.2. The molecule has 5 rings (SSSR count). The Morgan fingerprint density at radius 3 is 2.57 bits per heavy atom. The minimum absolute atomic E-state index is 0.0915. The van der Waals surface area contributed by atoms with Gasteiger partial charge in [-0.15, -0.1) is 0 Å². The number of carbonyl (C=O) groups excluding carboxylic acids is 1. The monoisotopic (exact) mass is 390 g/mol. The molecule has 2 heterocycles. The number of rotatable bonds is 4. The SMILES string of the molecule is O=C1Nc2ccc(S(=O)(=O)Nc3cc(-c4ccccc4)[nH]n3)c3cccc1c23. The average molecular weight is 390 g/mol. The van der Waals surface area contributed by atoms with E-state index in [9.17, 15) is 13.2 Å². The lowest BCUT2D eigenvalue weighted by Crippen LogP contribution is -2.13. The van der Waals surface area contributed by atoms with Crippen molar-refractivity contribution in [3.63, 3.8) is 0 Å². The van der Waals surface area contributed by atoms with Gasteiger partial charge in [-0.05, 0) is 23.8 Å².